The van der Waals surface area contributed by atoms with Gasteiger partial charge >= 0.3 is 5.97 Å². The van der Waals surface area contributed by atoms with Crippen molar-refractivity contribution in [1.82, 2.24) is 4.98 Å². The lowest BCUT2D eigenvalue weighted by Gasteiger charge is -2.41. The molecule has 1 fully saturated rings. The molecule has 1 aromatic carbocycles. The van der Waals surface area contributed by atoms with Crippen LogP contribution in [0.4, 0.5) is 5.82 Å². The highest BCUT2D eigenvalue weighted by atomic mass is 16.7. The first-order chi connectivity index (χ1) is 12.5. The Morgan fingerprint density at radius 2 is 2.12 bits per heavy atom. The van der Waals surface area contributed by atoms with Gasteiger partial charge in [-0.05, 0) is 54.5 Å². The van der Waals surface area contributed by atoms with E-state index in [1.165, 1.54) is 11.6 Å². The number of piperidine rings is 1. The largest absolute Gasteiger partial charge is 0.477 e. The first-order valence-corrected chi connectivity index (χ1v) is 8.86. The van der Waals surface area contributed by atoms with Crippen LogP contribution in [0, 0.1) is 5.41 Å². The molecule has 2 aliphatic heterocycles. The van der Waals surface area contributed by atoms with Crippen LogP contribution in [0.3, 0.4) is 0 Å². The van der Waals surface area contributed by atoms with Crippen molar-refractivity contribution < 1.29 is 19.4 Å². The monoisotopic (exact) mass is 354 g/mol. The number of carboxylic acids is 1. The first kappa shape index (κ1) is 16.7. The van der Waals surface area contributed by atoms with Gasteiger partial charge in [-0.15, -0.1) is 0 Å². The van der Waals surface area contributed by atoms with Crippen molar-refractivity contribution in [2.24, 2.45) is 5.41 Å². The number of hydrogen-bond donors (Lipinski definition) is 1. The SMILES string of the molecule is C[C@@]1(Cc2ccc3c(c2)OCO3)CCCN(c2cccc(C(=O)O)n2)C1. The van der Waals surface area contributed by atoms with E-state index in [1.54, 1.807) is 6.07 Å². The second kappa shape index (κ2) is 6.52. The van der Waals surface area contributed by atoms with Crippen molar-refractivity contribution in [2.45, 2.75) is 26.2 Å². The number of hydrogen-bond acceptors (Lipinski definition) is 5. The van der Waals surface area contributed by atoms with Crippen molar-refractivity contribution in [2.75, 3.05) is 24.8 Å². The summed E-state index contributed by atoms with van der Waals surface area (Å²) >= 11 is 0. The van der Waals surface area contributed by atoms with Gasteiger partial charge in [-0.25, -0.2) is 9.78 Å². The van der Waals surface area contributed by atoms with Gasteiger partial charge < -0.3 is 19.5 Å². The molecule has 1 aromatic heterocycles. The third-order valence-corrected chi connectivity index (χ3v) is 5.13. The molecule has 1 atom stereocenters. The maximum absolute atomic E-state index is 11.2. The molecule has 2 aliphatic rings. The smallest absolute Gasteiger partial charge is 0.354 e. The van der Waals surface area contributed by atoms with Crippen molar-refractivity contribution in [3.63, 3.8) is 0 Å². The number of carboxylic acid groups (broad SMARTS) is 1. The topological polar surface area (TPSA) is 71.9 Å². The zero-order valence-electron chi connectivity index (χ0n) is 14.8. The number of ether oxygens (including phenoxy) is 2. The number of benzene rings is 1. The second-order valence-electron chi connectivity index (χ2n) is 7.39. The van der Waals surface area contributed by atoms with Gasteiger partial charge in [0.2, 0.25) is 6.79 Å². The van der Waals surface area contributed by atoms with Crippen LogP contribution in [0.15, 0.2) is 36.4 Å². The average molecular weight is 354 g/mol. The Kier molecular flexibility index (Phi) is 4.18. The summed E-state index contributed by atoms with van der Waals surface area (Å²) in [6.07, 6.45) is 3.11. The van der Waals surface area contributed by atoms with Gasteiger partial charge in [0, 0.05) is 13.1 Å². The maximum Gasteiger partial charge on any atom is 0.354 e. The minimum Gasteiger partial charge on any atom is -0.477 e. The van der Waals surface area contributed by atoms with Crippen LogP contribution in [-0.4, -0.2) is 35.9 Å². The predicted octanol–water partition coefficient (Wildman–Crippen LogP) is 3.36. The number of pyridine rings is 1. The molecule has 4 rings (SSSR count). The lowest BCUT2D eigenvalue weighted by Crippen LogP contribution is -2.43. The molecule has 0 unspecified atom stereocenters. The second-order valence-corrected chi connectivity index (χ2v) is 7.39. The molecule has 136 valence electrons. The third-order valence-electron chi connectivity index (χ3n) is 5.13. The molecule has 26 heavy (non-hydrogen) atoms. The van der Waals surface area contributed by atoms with Gasteiger partial charge in [0.05, 0.1) is 0 Å². The first-order valence-electron chi connectivity index (χ1n) is 8.86. The zero-order chi connectivity index (χ0) is 18.1. The van der Waals surface area contributed by atoms with Crippen molar-refractivity contribution in [3.8, 4) is 11.5 Å². The van der Waals surface area contributed by atoms with Crippen molar-refractivity contribution in [1.29, 1.82) is 0 Å². The normalized spacial score (nSPS) is 21.7. The molecule has 0 spiro atoms. The highest BCUT2D eigenvalue weighted by Gasteiger charge is 2.32. The summed E-state index contributed by atoms with van der Waals surface area (Å²) in [5.41, 5.74) is 1.41. The number of nitrogens with zero attached hydrogens (tertiary/aromatic N) is 2. The molecule has 2 aromatic rings. The third kappa shape index (κ3) is 3.31. The lowest BCUT2D eigenvalue weighted by molar-refractivity contribution is 0.0690. The fourth-order valence-electron chi connectivity index (χ4n) is 3.92. The van der Waals surface area contributed by atoms with Crippen LogP contribution in [0.25, 0.3) is 0 Å². The van der Waals surface area contributed by atoms with Crippen molar-refractivity contribution in [3.05, 3.63) is 47.7 Å². The summed E-state index contributed by atoms with van der Waals surface area (Å²) in [7, 11) is 0. The molecule has 1 N–H and O–H groups in total. The Hall–Kier alpha value is -2.76. The van der Waals surface area contributed by atoms with Gasteiger partial charge in [0.1, 0.15) is 5.82 Å². The van der Waals surface area contributed by atoms with E-state index in [4.69, 9.17) is 9.47 Å². The van der Waals surface area contributed by atoms with E-state index in [0.717, 1.165) is 49.7 Å². The summed E-state index contributed by atoms with van der Waals surface area (Å²) in [4.78, 5) is 17.7. The van der Waals surface area contributed by atoms with E-state index >= 15 is 0 Å². The average Bonchev–Trinajstić information content (AvgIpc) is 3.09. The molecule has 0 saturated carbocycles. The van der Waals surface area contributed by atoms with Crippen LogP contribution >= 0.6 is 0 Å². The Morgan fingerprint density at radius 3 is 2.96 bits per heavy atom. The Labute approximate surface area is 152 Å². The number of aromatic carboxylic acids is 1. The maximum atomic E-state index is 11.2. The highest BCUT2D eigenvalue weighted by molar-refractivity contribution is 5.85. The molecule has 6 heteroatoms. The van der Waals surface area contributed by atoms with E-state index in [9.17, 15) is 9.90 Å². The fraction of sp³-hybridized carbons (Fsp3) is 0.400. The van der Waals surface area contributed by atoms with Gasteiger partial charge in [-0.1, -0.05) is 19.1 Å². The standard InChI is InChI=1S/C20H22N2O4/c1-20(11-14-6-7-16-17(10-14)26-13-25-16)8-3-9-22(12-20)18-5-2-4-15(21-18)19(23)24/h2,4-7,10H,3,8-9,11-13H2,1H3,(H,23,24)/t20-/m0/s1. The minimum absolute atomic E-state index is 0.0885. The van der Waals surface area contributed by atoms with E-state index < -0.39 is 5.97 Å². The van der Waals surface area contributed by atoms with Crippen LogP contribution < -0.4 is 14.4 Å². The zero-order valence-corrected chi connectivity index (χ0v) is 14.8. The van der Waals surface area contributed by atoms with Gasteiger partial charge in [-0.2, -0.15) is 0 Å². The molecular weight excluding hydrogens is 332 g/mol. The van der Waals surface area contributed by atoms with Crippen LogP contribution in [-0.2, 0) is 6.42 Å². The molecular formula is C20H22N2O4. The number of fused-ring (bicyclic) bond motifs is 1. The molecule has 1 saturated heterocycles. The predicted molar refractivity (Wildman–Crippen MR) is 97.0 cm³/mol. The van der Waals surface area contributed by atoms with E-state index in [2.05, 4.69) is 28.9 Å². The summed E-state index contributed by atoms with van der Waals surface area (Å²) in [5, 5.41) is 9.18. The van der Waals surface area contributed by atoms with Crippen LogP contribution in [0.1, 0.15) is 35.8 Å². The number of carbonyl (C=O) groups is 1. The van der Waals surface area contributed by atoms with E-state index in [1.807, 2.05) is 12.1 Å². The Morgan fingerprint density at radius 1 is 1.27 bits per heavy atom. The minimum atomic E-state index is -0.994. The van der Waals surface area contributed by atoms with E-state index in [0.29, 0.717) is 0 Å². The molecule has 6 nitrogen and oxygen atoms in total. The van der Waals surface area contributed by atoms with Gasteiger partial charge in [-0.3, -0.25) is 0 Å². The highest BCUT2D eigenvalue weighted by Crippen LogP contribution is 2.38. The Balaban J connectivity index is 1.52. The quantitative estimate of drug-likeness (QED) is 0.908. The van der Waals surface area contributed by atoms with Crippen molar-refractivity contribution >= 4 is 11.8 Å². The summed E-state index contributed by atoms with van der Waals surface area (Å²) in [6, 6.07) is 11.3. The summed E-state index contributed by atoms with van der Waals surface area (Å²) in [5.74, 6) is 1.36. The molecule has 0 amide bonds. The summed E-state index contributed by atoms with van der Waals surface area (Å²) in [6.45, 7) is 4.31. The Bertz CT molecular complexity index is 838. The van der Waals surface area contributed by atoms with Gasteiger partial charge in [0.25, 0.3) is 0 Å². The number of aromatic nitrogens is 1. The van der Waals surface area contributed by atoms with E-state index in [-0.39, 0.29) is 17.9 Å². The molecule has 0 radical (unpaired) electrons. The van der Waals surface area contributed by atoms with Crippen LogP contribution in [0.5, 0.6) is 11.5 Å². The van der Waals surface area contributed by atoms with Crippen LogP contribution in [0.2, 0.25) is 0 Å². The fourth-order valence-corrected chi connectivity index (χ4v) is 3.92. The molecule has 3 heterocycles. The lowest BCUT2D eigenvalue weighted by atomic mass is 9.77. The number of anilines is 1. The molecule has 0 bridgehead atoms. The number of rotatable bonds is 4. The van der Waals surface area contributed by atoms with Gasteiger partial charge in [0.15, 0.2) is 17.2 Å². The summed E-state index contributed by atoms with van der Waals surface area (Å²) < 4.78 is 10.9. The molecule has 0 aliphatic carbocycles.